The van der Waals surface area contributed by atoms with Crippen molar-refractivity contribution in [3.05, 3.63) is 36.0 Å². The summed E-state index contributed by atoms with van der Waals surface area (Å²) in [6, 6.07) is 5.80. The highest BCUT2D eigenvalue weighted by molar-refractivity contribution is 5.87. The fourth-order valence-electron chi connectivity index (χ4n) is 2.06. The van der Waals surface area contributed by atoms with Gasteiger partial charge in [0.15, 0.2) is 6.29 Å². The SMILES string of the molecule is Cc1nc(-c2ccc3nc[nH]c3c2)c(C=O)n1C. The molecule has 0 aliphatic heterocycles. The van der Waals surface area contributed by atoms with Crippen LogP contribution in [0.4, 0.5) is 0 Å². The maximum atomic E-state index is 11.2. The zero-order valence-corrected chi connectivity index (χ0v) is 10.1. The Balaban J connectivity index is 2.24. The smallest absolute Gasteiger partial charge is 0.168 e. The van der Waals surface area contributed by atoms with Crippen LogP contribution >= 0.6 is 0 Å². The Bertz CT molecular complexity index is 739. The quantitative estimate of drug-likeness (QED) is 0.697. The molecule has 0 atom stereocenters. The van der Waals surface area contributed by atoms with Crippen LogP contribution in [-0.2, 0) is 7.05 Å². The molecule has 0 radical (unpaired) electrons. The molecule has 0 saturated carbocycles. The molecule has 2 aromatic heterocycles. The van der Waals surface area contributed by atoms with Crippen LogP contribution in [0.1, 0.15) is 16.3 Å². The number of carbonyl (C=O) groups is 1. The number of aldehydes is 1. The monoisotopic (exact) mass is 240 g/mol. The van der Waals surface area contributed by atoms with Gasteiger partial charge < -0.3 is 9.55 Å². The van der Waals surface area contributed by atoms with Crippen molar-refractivity contribution in [3.8, 4) is 11.3 Å². The van der Waals surface area contributed by atoms with E-state index in [1.54, 1.807) is 10.9 Å². The number of aryl methyl sites for hydroxylation is 1. The number of benzene rings is 1. The van der Waals surface area contributed by atoms with E-state index in [2.05, 4.69) is 15.0 Å². The average molecular weight is 240 g/mol. The third-order valence-electron chi connectivity index (χ3n) is 3.17. The van der Waals surface area contributed by atoms with Crippen molar-refractivity contribution in [2.45, 2.75) is 6.92 Å². The molecule has 0 amide bonds. The molecule has 2 heterocycles. The summed E-state index contributed by atoms with van der Waals surface area (Å²) in [5, 5.41) is 0. The molecule has 1 N–H and O–H groups in total. The minimum absolute atomic E-state index is 0.589. The van der Waals surface area contributed by atoms with E-state index in [0.29, 0.717) is 11.4 Å². The van der Waals surface area contributed by atoms with Gasteiger partial charge in [-0.15, -0.1) is 0 Å². The molecule has 0 bridgehead atoms. The van der Waals surface area contributed by atoms with Crippen LogP contribution in [-0.4, -0.2) is 25.8 Å². The number of H-pyrrole nitrogens is 1. The first-order chi connectivity index (χ1) is 8.70. The first-order valence-corrected chi connectivity index (χ1v) is 5.62. The molecule has 90 valence electrons. The van der Waals surface area contributed by atoms with E-state index in [0.717, 1.165) is 28.7 Å². The molecule has 5 nitrogen and oxygen atoms in total. The maximum absolute atomic E-state index is 11.2. The zero-order chi connectivity index (χ0) is 12.7. The van der Waals surface area contributed by atoms with E-state index in [-0.39, 0.29) is 0 Å². The highest BCUT2D eigenvalue weighted by atomic mass is 16.1. The third kappa shape index (κ3) is 1.44. The van der Waals surface area contributed by atoms with Crippen molar-refractivity contribution in [2.24, 2.45) is 7.05 Å². The Morgan fingerprint density at radius 1 is 1.39 bits per heavy atom. The molecule has 0 fully saturated rings. The van der Waals surface area contributed by atoms with Crippen LogP contribution in [0.2, 0.25) is 0 Å². The first-order valence-electron chi connectivity index (χ1n) is 5.62. The average Bonchev–Trinajstić information content (AvgIpc) is 2.94. The molecule has 0 aliphatic carbocycles. The van der Waals surface area contributed by atoms with Gasteiger partial charge in [0, 0.05) is 12.6 Å². The Morgan fingerprint density at radius 2 is 2.22 bits per heavy atom. The largest absolute Gasteiger partial charge is 0.345 e. The molecular formula is C13H12N4O. The molecule has 5 heteroatoms. The van der Waals surface area contributed by atoms with Gasteiger partial charge >= 0.3 is 0 Å². The second kappa shape index (κ2) is 3.80. The summed E-state index contributed by atoms with van der Waals surface area (Å²) in [5.74, 6) is 0.816. The highest BCUT2D eigenvalue weighted by Crippen LogP contribution is 2.24. The van der Waals surface area contributed by atoms with Crippen LogP contribution in [0.15, 0.2) is 24.5 Å². The van der Waals surface area contributed by atoms with Crippen molar-refractivity contribution >= 4 is 17.3 Å². The van der Waals surface area contributed by atoms with E-state index < -0.39 is 0 Å². The van der Waals surface area contributed by atoms with E-state index >= 15 is 0 Å². The number of nitrogens with one attached hydrogen (secondary N) is 1. The van der Waals surface area contributed by atoms with E-state index in [4.69, 9.17) is 0 Å². The molecule has 0 aliphatic rings. The third-order valence-corrected chi connectivity index (χ3v) is 3.17. The number of aromatic nitrogens is 4. The molecular weight excluding hydrogens is 228 g/mol. The molecule has 0 unspecified atom stereocenters. The number of imidazole rings is 2. The van der Waals surface area contributed by atoms with Crippen LogP contribution in [0.25, 0.3) is 22.3 Å². The topological polar surface area (TPSA) is 63.6 Å². The summed E-state index contributed by atoms with van der Waals surface area (Å²) in [7, 11) is 1.84. The molecule has 18 heavy (non-hydrogen) atoms. The van der Waals surface area contributed by atoms with Gasteiger partial charge in [0.2, 0.25) is 0 Å². The van der Waals surface area contributed by atoms with E-state index in [1.807, 2.05) is 32.2 Å². The Kier molecular flexibility index (Phi) is 2.26. The second-order valence-corrected chi connectivity index (χ2v) is 4.20. The van der Waals surface area contributed by atoms with Gasteiger partial charge in [-0.2, -0.15) is 0 Å². The summed E-state index contributed by atoms with van der Waals surface area (Å²) in [4.78, 5) is 22.8. The van der Waals surface area contributed by atoms with Crippen molar-refractivity contribution in [3.63, 3.8) is 0 Å². The molecule has 0 spiro atoms. The lowest BCUT2D eigenvalue weighted by molar-refractivity contribution is 0.111. The van der Waals surface area contributed by atoms with Crippen LogP contribution in [0.5, 0.6) is 0 Å². The minimum Gasteiger partial charge on any atom is -0.345 e. The molecule has 0 saturated heterocycles. The Hall–Kier alpha value is -2.43. The summed E-state index contributed by atoms with van der Waals surface area (Å²) >= 11 is 0. The maximum Gasteiger partial charge on any atom is 0.168 e. The second-order valence-electron chi connectivity index (χ2n) is 4.20. The summed E-state index contributed by atoms with van der Waals surface area (Å²) in [6.45, 7) is 1.88. The minimum atomic E-state index is 0.589. The predicted octanol–water partition coefficient (Wildman–Crippen LogP) is 2.08. The van der Waals surface area contributed by atoms with Crippen molar-refractivity contribution < 1.29 is 4.79 Å². The number of hydrogen-bond donors (Lipinski definition) is 1. The Labute approximate surface area is 103 Å². The van der Waals surface area contributed by atoms with E-state index in [1.165, 1.54) is 0 Å². The summed E-state index contributed by atoms with van der Waals surface area (Å²) in [6.07, 6.45) is 2.49. The fraction of sp³-hybridized carbons (Fsp3) is 0.154. The van der Waals surface area contributed by atoms with Crippen molar-refractivity contribution in [1.82, 2.24) is 19.5 Å². The van der Waals surface area contributed by atoms with E-state index in [9.17, 15) is 4.79 Å². The van der Waals surface area contributed by atoms with Crippen molar-refractivity contribution in [1.29, 1.82) is 0 Å². The normalized spacial score (nSPS) is 11.0. The summed E-state index contributed by atoms with van der Waals surface area (Å²) in [5.41, 5.74) is 4.05. The van der Waals surface area contributed by atoms with Gasteiger partial charge in [-0.3, -0.25) is 4.79 Å². The lowest BCUT2D eigenvalue weighted by atomic mass is 10.1. The number of hydrogen-bond acceptors (Lipinski definition) is 3. The van der Waals surface area contributed by atoms with Gasteiger partial charge in [-0.25, -0.2) is 9.97 Å². The fourth-order valence-corrected chi connectivity index (χ4v) is 2.06. The van der Waals surface area contributed by atoms with Gasteiger partial charge in [-0.05, 0) is 19.1 Å². The van der Waals surface area contributed by atoms with Gasteiger partial charge in [0.05, 0.1) is 23.1 Å². The first kappa shape index (κ1) is 10.7. The number of carbonyl (C=O) groups excluding carboxylic acids is 1. The number of rotatable bonds is 2. The van der Waals surface area contributed by atoms with Crippen molar-refractivity contribution in [2.75, 3.05) is 0 Å². The van der Waals surface area contributed by atoms with Gasteiger partial charge in [-0.1, -0.05) is 6.07 Å². The number of aromatic amines is 1. The number of nitrogens with zero attached hydrogens (tertiary/aromatic N) is 3. The molecule has 3 rings (SSSR count). The zero-order valence-electron chi connectivity index (χ0n) is 10.1. The standard InChI is InChI=1S/C13H12N4O/c1-8-16-13(12(6-18)17(8)2)9-3-4-10-11(5-9)15-7-14-10/h3-7H,1-2H3,(H,14,15). The van der Waals surface area contributed by atoms with Gasteiger partial charge in [0.25, 0.3) is 0 Å². The highest BCUT2D eigenvalue weighted by Gasteiger charge is 2.13. The van der Waals surface area contributed by atoms with Crippen LogP contribution in [0, 0.1) is 6.92 Å². The summed E-state index contributed by atoms with van der Waals surface area (Å²) < 4.78 is 1.79. The number of fused-ring (bicyclic) bond motifs is 1. The van der Waals surface area contributed by atoms with Gasteiger partial charge in [0.1, 0.15) is 11.5 Å². The molecule has 3 aromatic rings. The van der Waals surface area contributed by atoms with Crippen LogP contribution in [0.3, 0.4) is 0 Å². The molecule has 1 aromatic carbocycles. The van der Waals surface area contributed by atoms with Crippen LogP contribution < -0.4 is 0 Å². The lowest BCUT2D eigenvalue weighted by Crippen LogP contribution is -1.97. The Morgan fingerprint density at radius 3 is 3.00 bits per heavy atom. The predicted molar refractivity (Wildman–Crippen MR) is 68.4 cm³/mol. The lowest BCUT2D eigenvalue weighted by Gasteiger charge is -1.99.